The molecule has 6 nitrogen and oxygen atoms in total. The van der Waals surface area contributed by atoms with E-state index in [2.05, 4.69) is 4.98 Å². The predicted octanol–water partition coefficient (Wildman–Crippen LogP) is 0.857. The summed E-state index contributed by atoms with van der Waals surface area (Å²) in [6.07, 6.45) is 0.138. The zero-order valence-corrected chi connectivity index (χ0v) is 10.8. The van der Waals surface area contributed by atoms with Crippen molar-refractivity contribution < 1.29 is 9.59 Å². The van der Waals surface area contributed by atoms with Gasteiger partial charge in [-0.05, 0) is 24.6 Å². The van der Waals surface area contributed by atoms with E-state index >= 15 is 0 Å². The lowest BCUT2D eigenvalue weighted by atomic mass is 10.2. The number of aryl methyl sites for hydroxylation is 1. The Morgan fingerprint density at radius 2 is 2.11 bits per heavy atom. The van der Waals surface area contributed by atoms with Gasteiger partial charge in [0.2, 0.25) is 11.9 Å². The average Bonchev–Trinajstić information content (AvgIpc) is 2.80. The molecule has 0 spiro atoms. The van der Waals surface area contributed by atoms with Gasteiger partial charge in [0.15, 0.2) is 0 Å². The molecule has 1 aromatic heterocycles. The minimum absolute atomic E-state index is 0.138. The molecule has 1 aliphatic heterocycles. The van der Waals surface area contributed by atoms with Crippen LogP contribution in [0.2, 0.25) is 0 Å². The van der Waals surface area contributed by atoms with Crippen LogP contribution in [0, 0.1) is 6.92 Å². The van der Waals surface area contributed by atoms with Crippen molar-refractivity contribution in [3.05, 3.63) is 23.8 Å². The highest BCUT2D eigenvalue weighted by atomic mass is 16.2. The third kappa shape index (κ3) is 1.60. The lowest BCUT2D eigenvalue weighted by Crippen LogP contribution is -2.27. The number of carbonyl (C=O) groups is 2. The smallest absolute Gasteiger partial charge is 0.252 e. The van der Waals surface area contributed by atoms with E-state index in [4.69, 9.17) is 5.73 Å². The maximum atomic E-state index is 12.1. The lowest BCUT2D eigenvalue weighted by Gasteiger charge is -2.12. The molecule has 98 valence electrons. The maximum absolute atomic E-state index is 12.1. The lowest BCUT2D eigenvalue weighted by molar-refractivity contribution is -0.137. The molecule has 1 unspecified atom stereocenters. The summed E-state index contributed by atoms with van der Waals surface area (Å²) in [7, 11) is 1.49. The van der Waals surface area contributed by atoms with Crippen molar-refractivity contribution in [3.63, 3.8) is 0 Å². The molecule has 1 atom stereocenters. The van der Waals surface area contributed by atoms with E-state index in [-0.39, 0.29) is 24.2 Å². The van der Waals surface area contributed by atoms with Crippen molar-refractivity contribution in [2.24, 2.45) is 0 Å². The first-order valence-corrected chi connectivity index (χ1v) is 6.03. The highest BCUT2D eigenvalue weighted by Crippen LogP contribution is 2.30. The highest BCUT2D eigenvalue weighted by molar-refractivity contribution is 6.05. The quantitative estimate of drug-likeness (QED) is 0.769. The molecule has 0 bridgehead atoms. The Bertz CT molecular complexity index is 704. The fraction of sp³-hybridized carbons (Fsp3) is 0.308. The monoisotopic (exact) mass is 258 g/mol. The average molecular weight is 258 g/mol. The van der Waals surface area contributed by atoms with E-state index in [9.17, 15) is 9.59 Å². The van der Waals surface area contributed by atoms with Crippen LogP contribution in [0.25, 0.3) is 11.0 Å². The molecule has 2 amide bonds. The summed E-state index contributed by atoms with van der Waals surface area (Å²) in [5.41, 5.74) is 8.50. The number of nitrogens with zero attached hydrogens (tertiary/aromatic N) is 3. The predicted molar refractivity (Wildman–Crippen MR) is 70.3 cm³/mol. The van der Waals surface area contributed by atoms with Gasteiger partial charge in [-0.25, -0.2) is 4.98 Å². The summed E-state index contributed by atoms with van der Waals surface area (Å²) in [6.45, 7) is 1.96. The topological polar surface area (TPSA) is 81.2 Å². The number of hydrogen-bond donors (Lipinski definition) is 1. The molecule has 2 aromatic rings. The molecule has 1 aliphatic rings. The van der Waals surface area contributed by atoms with Crippen molar-refractivity contribution >= 4 is 28.8 Å². The van der Waals surface area contributed by atoms with Gasteiger partial charge in [0.1, 0.15) is 6.04 Å². The number of fused-ring (bicyclic) bond motifs is 1. The molecule has 0 saturated carbocycles. The third-order valence-electron chi connectivity index (χ3n) is 3.54. The van der Waals surface area contributed by atoms with E-state index in [1.165, 1.54) is 7.05 Å². The Labute approximate surface area is 109 Å². The summed E-state index contributed by atoms with van der Waals surface area (Å²) in [5.74, 6) is -0.165. The first-order valence-electron chi connectivity index (χ1n) is 6.03. The van der Waals surface area contributed by atoms with Crippen molar-refractivity contribution in [2.75, 3.05) is 12.8 Å². The number of nitrogen functional groups attached to an aromatic ring is 1. The first-order chi connectivity index (χ1) is 8.99. The van der Waals surface area contributed by atoms with Crippen molar-refractivity contribution in [1.82, 2.24) is 14.5 Å². The molecule has 2 N–H and O–H groups in total. The maximum Gasteiger partial charge on any atom is 0.252 e. The van der Waals surface area contributed by atoms with Crippen LogP contribution in [0.1, 0.15) is 18.0 Å². The van der Waals surface area contributed by atoms with Crippen molar-refractivity contribution in [3.8, 4) is 0 Å². The van der Waals surface area contributed by atoms with E-state index in [1.807, 2.05) is 25.1 Å². The van der Waals surface area contributed by atoms with Crippen LogP contribution in [0.4, 0.5) is 5.95 Å². The Balaban J connectivity index is 2.18. The fourth-order valence-corrected chi connectivity index (χ4v) is 2.49. The van der Waals surface area contributed by atoms with Crippen LogP contribution in [0.15, 0.2) is 18.2 Å². The normalized spacial score (nSPS) is 19.7. The second-order valence-corrected chi connectivity index (χ2v) is 4.84. The Hall–Kier alpha value is -2.37. The molecular formula is C13H14N4O2. The summed E-state index contributed by atoms with van der Waals surface area (Å²) in [4.78, 5) is 29.1. The molecule has 2 heterocycles. The van der Waals surface area contributed by atoms with Gasteiger partial charge in [-0.15, -0.1) is 0 Å². The van der Waals surface area contributed by atoms with Gasteiger partial charge in [0.05, 0.1) is 17.5 Å². The number of carbonyl (C=O) groups excluding carboxylic acids is 2. The van der Waals surface area contributed by atoms with Crippen LogP contribution in [0.5, 0.6) is 0 Å². The minimum Gasteiger partial charge on any atom is -0.369 e. The van der Waals surface area contributed by atoms with Crippen molar-refractivity contribution in [2.45, 2.75) is 19.4 Å². The number of rotatable bonds is 1. The number of imidazole rings is 1. The molecule has 6 heteroatoms. The highest BCUT2D eigenvalue weighted by Gasteiger charge is 2.38. The molecule has 0 radical (unpaired) electrons. The van der Waals surface area contributed by atoms with Crippen LogP contribution in [0.3, 0.4) is 0 Å². The standard InChI is InChI=1S/C13H14N4O2/c1-7-3-4-9-8(5-7)15-13(14)17(9)10-6-11(18)16(2)12(10)19/h3-5,10H,6H2,1-2H3,(H2,14,15). The number of amides is 2. The van der Waals surface area contributed by atoms with Crippen LogP contribution >= 0.6 is 0 Å². The van der Waals surface area contributed by atoms with Gasteiger partial charge in [-0.3, -0.25) is 19.1 Å². The Morgan fingerprint density at radius 3 is 2.74 bits per heavy atom. The first kappa shape index (κ1) is 11.7. The number of hydrogen-bond acceptors (Lipinski definition) is 4. The molecule has 1 saturated heterocycles. The summed E-state index contributed by atoms with van der Waals surface area (Å²) >= 11 is 0. The number of anilines is 1. The largest absolute Gasteiger partial charge is 0.369 e. The molecule has 0 aliphatic carbocycles. The molecular weight excluding hydrogens is 244 g/mol. The number of likely N-dealkylation sites (N-methyl/N-ethyl adjacent to an activating group) is 1. The van der Waals surface area contributed by atoms with E-state index in [1.54, 1.807) is 4.57 Å². The number of likely N-dealkylation sites (tertiary alicyclic amines) is 1. The second-order valence-electron chi connectivity index (χ2n) is 4.84. The zero-order valence-electron chi connectivity index (χ0n) is 10.8. The van der Waals surface area contributed by atoms with Crippen LogP contribution < -0.4 is 5.73 Å². The number of imide groups is 1. The van der Waals surface area contributed by atoms with Gasteiger partial charge < -0.3 is 5.73 Å². The number of aromatic nitrogens is 2. The molecule has 19 heavy (non-hydrogen) atoms. The number of nitrogens with two attached hydrogens (primary N) is 1. The van der Waals surface area contributed by atoms with Gasteiger partial charge >= 0.3 is 0 Å². The van der Waals surface area contributed by atoms with Crippen LogP contribution in [-0.2, 0) is 9.59 Å². The van der Waals surface area contributed by atoms with E-state index < -0.39 is 6.04 Å². The van der Waals surface area contributed by atoms with Gasteiger partial charge in [-0.2, -0.15) is 0 Å². The molecule has 3 rings (SSSR count). The third-order valence-corrected chi connectivity index (χ3v) is 3.54. The second kappa shape index (κ2) is 3.81. The SMILES string of the molecule is Cc1ccc2c(c1)nc(N)n2C1CC(=O)N(C)C1=O. The molecule has 1 aromatic carbocycles. The number of benzene rings is 1. The van der Waals surface area contributed by atoms with Gasteiger partial charge in [0.25, 0.3) is 5.91 Å². The van der Waals surface area contributed by atoms with E-state index in [0.29, 0.717) is 0 Å². The van der Waals surface area contributed by atoms with Gasteiger partial charge in [0, 0.05) is 7.05 Å². The summed E-state index contributed by atoms with van der Waals surface area (Å²) < 4.78 is 1.65. The summed E-state index contributed by atoms with van der Waals surface area (Å²) in [6, 6.07) is 5.15. The van der Waals surface area contributed by atoms with E-state index in [0.717, 1.165) is 21.5 Å². The Kier molecular flexibility index (Phi) is 2.35. The van der Waals surface area contributed by atoms with Crippen molar-refractivity contribution in [1.29, 1.82) is 0 Å². The summed E-state index contributed by atoms with van der Waals surface area (Å²) in [5, 5.41) is 0. The Morgan fingerprint density at radius 1 is 1.37 bits per heavy atom. The zero-order chi connectivity index (χ0) is 13.7. The fourth-order valence-electron chi connectivity index (χ4n) is 2.49. The van der Waals surface area contributed by atoms with Crippen LogP contribution in [-0.4, -0.2) is 33.3 Å². The minimum atomic E-state index is -0.579. The molecule has 1 fully saturated rings. The van der Waals surface area contributed by atoms with Gasteiger partial charge in [-0.1, -0.05) is 6.07 Å².